The monoisotopic (exact) mass is 348 g/mol. The molecule has 1 amide bonds. The highest BCUT2D eigenvalue weighted by molar-refractivity contribution is 7.16. The molecule has 128 valence electrons. The van der Waals surface area contributed by atoms with Crippen molar-refractivity contribution < 1.29 is 19.1 Å². The third kappa shape index (κ3) is 3.67. The minimum Gasteiger partial charge on any atom is -0.497 e. The van der Waals surface area contributed by atoms with Gasteiger partial charge in [0.25, 0.3) is 5.91 Å². The van der Waals surface area contributed by atoms with Crippen LogP contribution in [0.2, 0.25) is 0 Å². The molecule has 0 N–H and O–H groups in total. The number of fused-ring (bicyclic) bond motifs is 1. The van der Waals surface area contributed by atoms with E-state index in [0.717, 1.165) is 28.8 Å². The van der Waals surface area contributed by atoms with Crippen LogP contribution >= 0.6 is 11.3 Å². The van der Waals surface area contributed by atoms with E-state index >= 15 is 0 Å². The highest BCUT2D eigenvalue weighted by atomic mass is 32.1. The Labute approximate surface area is 143 Å². The van der Waals surface area contributed by atoms with Crippen LogP contribution in [-0.2, 0) is 20.9 Å². The molecular formula is C17H20N2O4S. The first kappa shape index (κ1) is 16.7. The summed E-state index contributed by atoms with van der Waals surface area (Å²) in [5, 5.41) is 0. The van der Waals surface area contributed by atoms with Crippen LogP contribution in [0.1, 0.15) is 26.2 Å². The molecule has 1 heterocycles. The number of aromatic nitrogens is 1. The maximum atomic E-state index is 12.1. The van der Waals surface area contributed by atoms with E-state index in [1.54, 1.807) is 14.0 Å². The van der Waals surface area contributed by atoms with Crippen LogP contribution in [0.15, 0.2) is 23.2 Å². The van der Waals surface area contributed by atoms with E-state index in [4.69, 9.17) is 9.47 Å². The van der Waals surface area contributed by atoms with Gasteiger partial charge in [0.05, 0.1) is 30.4 Å². The zero-order valence-corrected chi connectivity index (χ0v) is 14.6. The fourth-order valence-electron chi connectivity index (χ4n) is 2.43. The van der Waals surface area contributed by atoms with Gasteiger partial charge in [0.15, 0.2) is 4.80 Å². The summed E-state index contributed by atoms with van der Waals surface area (Å²) in [5.74, 6) is 0.500. The Kier molecular flexibility index (Phi) is 4.99. The number of hydrogen-bond acceptors (Lipinski definition) is 5. The first-order valence-corrected chi connectivity index (χ1v) is 8.85. The average molecular weight is 348 g/mol. The lowest BCUT2D eigenvalue weighted by Gasteiger charge is -2.06. The predicted octanol–water partition coefficient (Wildman–Crippen LogP) is 2.50. The summed E-state index contributed by atoms with van der Waals surface area (Å²) in [4.78, 5) is 28.7. The van der Waals surface area contributed by atoms with Crippen molar-refractivity contribution in [3.05, 3.63) is 23.0 Å². The normalized spacial score (nSPS) is 14.8. The van der Waals surface area contributed by atoms with Gasteiger partial charge in [-0.05, 0) is 38.0 Å². The molecule has 1 aromatic carbocycles. The zero-order chi connectivity index (χ0) is 17.1. The summed E-state index contributed by atoms with van der Waals surface area (Å²) in [7, 11) is 1.62. The first-order valence-electron chi connectivity index (χ1n) is 8.04. The van der Waals surface area contributed by atoms with Gasteiger partial charge in [0, 0.05) is 12.5 Å². The van der Waals surface area contributed by atoms with Crippen molar-refractivity contribution in [2.75, 3.05) is 13.7 Å². The van der Waals surface area contributed by atoms with Crippen molar-refractivity contribution in [1.29, 1.82) is 0 Å². The number of benzene rings is 1. The Balaban J connectivity index is 1.98. The van der Waals surface area contributed by atoms with Crippen molar-refractivity contribution in [3.8, 4) is 5.75 Å². The largest absolute Gasteiger partial charge is 0.497 e. The Morgan fingerprint density at radius 1 is 1.38 bits per heavy atom. The number of amides is 1. The molecule has 1 aliphatic rings. The van der Waals surface area contributed by atoms with E-state index < -0.39 is 0 Å². The first-order chi connectivity index (χ1) is 11.6. The Morgan fingerprint density at radius 3 is 2.83 bits per heavy atom. The molecule has 24 heavy (non-hydrogen) atoms. The van der Waals surface area contributed by atoms with Crippen molar-refractivity contribution in [2.45, 2.75) is 32.7 Å². The van der Waals surface area contributed by atoms with Crippen LogP contribution in [0.4, 0.5) is 0 Å². The van der Waals surface area contributed by atoms with Gasteiger partial charge in [-0.25, -0.2) is 0 Å². The smallest absolute Gasteiger partial charge is 0.307 e. The van der Waals surface area contributed by atoms with Crippen LogP contribution in [0.5, 0.6) is 5.75 Å². The number of thiazole rings is 1. The molecule has 1 fully saturated rings. The topological polar surface area (TPSA) is 69.9 Å². The minimum atomic E-state index is -0.252. The van der Waals surface area contributed by atoms with Crippen LogP contribution in [0.25, 0.3) is 10.2 Å². The van der Waals surface area contributed by atoms with Gasteiger partial charge >= 0.3 is 5.97 Å². The van der Waals surface area contributed by atoms with Gasteiger partial charge in [0.2, 0.25) is 0 Å². The Hall–Kier alpha value is -2.15. The van der Waals surface area contributed by atoms with Gasteiger partial charge < -0.3 is 14.0 Å². The summed E-state index contributed by atoms with van der Waals surface area (Å²) >= 11 is 1.44. The molecule has 2 aromatic rings. The minimum absolute atomic E-state index is 0.0709. The molecule has 0 unspecified atom stereocenters. The highest BCUT2D eigenvalue weighted by Gasteiger charge is 2.29. The number of ether oxygens (including phenoxy) is 2. The van der Waals surface area contributed by atoms with Gasteiger partial charge in [-0.3, -0.25) is 9.59 Å². The van der Waals surface area contributed by atoms with E-state index in [1.165, 1.54) is 11.3 Å². The SMILES string of the molecule is CCOC(=O)CCn1c(=NC(=O)C2CC2)sc2cc(OC)ccc21. The summed E-state index contributed by atoms with van der Waals surface area (Å²) in [6, 6.07) is 5.71. The fraction of sp³-hybridized carbons (Fsp3) is 0.471. The molecule has 6 nitrogen and oxygen atoms in total. The molecule has 1 saturated carbocycles. The number of nitrogens with zero attached hydrogens (tertiary/aromatic N) is 2. The third-order valence-electron chi connectivity index (χ3n) is 3.87. The molecule has 1 aromatic heterocycles. The van der Waals surface area contributed by atoms with Crippen LogP contribution < -0.4 is 9.54 Å². The lowest BCUT2D eigenvalue weighted by Crippen LogP contribution is -2.19. The summed E-state index contributed by atoms with van der Waals surface area (Å²) in [6.07, 6.45) is 2.09. The fourth-order valence-corrected chi connectivity index (χ4v) is 3.52. The zero-order valence-electron chi connectivity index (χ0n) is 13.8. The van der Waals surface area contributed by atoms with Crippen LogP contribution in [0, 0.1) is 5.92 Å². The van der Waals surface area contributed by atoms with E-state index in [0.29, 0.717) is 18.0 Å². The molecule has 0 radical (unpaired) electrons. The predicted molar refractivity (Wildman–Crippen MR) is 90.9 cm³/mol. The molecule has 0 atom stereocenters. The number of rotatable bonds is 6. The third-order valence-corrected chi connectivity index (χ3v) is 4.91. The van der Waals surface area contributed by atoms with Gasteiger partial charge in [-0.2, -0.15) is 4.99 Å². The molecule has 0 aliphatic heterocycles. The van der Waals surface area contributed by atoms with Crippen LogP contribution in [0.3, 0.4) is 0 Å². The second-order valence-electron chi connectivity index (χ2n) is 5.65. The van der Waals surface area contributed by atoms with Gasteiger partial charge in [-0.1, -0.05) is 11.3 Å². The maximum Gasteiger partial charge on any atom is 0.307 e. The van der Waals surface area contributed by atoms with E-state index in [-0.39, 0.29) is 24.2 Å². The second-order valence-corrected chi connectivity index (χ2v) is 6.66. The van der Waals surface area contributed by atoms with Crippen molar-refractivity contribution in [1.82, 2.24) is 4.57 Å². The van der Waals surface area contributed by atoms with Crippen LogP contribution in [-0.4, -0.2) is 30.2 Å². The van der Waals surface area contributed by atoms with Gasteiger partial charge in [0.1, 0.15) is 5.75 Å². The number of hydrogen-bond donors (Lipinski definition) is 0. The van der Waals surface area contributed by atoms with E-state index in [9.17, 15) is 9.59 Å². The molecular weight excluding hydrogens is 328 g/mol. The summed E-state index contributed by atoms with van der Waals surface area (Å²) in [5.41, 5.74) is 0.937. The second kappa shape index (κ2) is 7.17. The standard InChI is InChI=1S/C17H20N2O4S/c1-3-23-15(20)8-9-19-13-7-6-12(22-2)10-14(13)24-17(19)18-16(21)11-4-5-11/h6-7,10-11H,3-5,8-9H2,1-2H3. The Morgan fingerprint density at radius 2 is 2.17 bits per heavy atom. The lowest BCUT2D eigenvalue weighted by atomic mass is 10.3. The lowest BCUT2D eigenvalue weighted by molar-refractivity contribution is -0.143. The number of carbonyl (C=O) groups is 2. The quantitative estimate of drug-likeness (QED) is 0.752. The number of aryl methyl sites for hydroxylation is 1. The van der Waals surface area contributed by atoms with Crippen molar-refractivity contribution in [2.24, 2.45) is 10.9 Å². The average Bonchev–Trinajstić information content (AvgIpc) is 3.36. The van der Waals surface area contributed by atoms with Gasteiger partial charge in [-0.15, -0.1) is 0 Å². The molecule has 0 saturated heterocycles. The summed E-state index contributed by atoms with van der Waals surface area (Å²) < 4.78 is 13.1. The molecule has 3 rings (SSSR count). The Bertz CT molecular complexity index is 833. The van der Waals surface area contributed by atoms with Crippen molar-refractivity contribution >= 4 is 33.4 Å². The highest BCUT2D eigenvalue weighted by Crippen LogP contribution is 2.30. The van der Waals surface area contributed by atoms with E-state index in [2.05, 4.69) is 4.99 Å². The number of methoxy groups -OCH3 is 1. The molecule has 0 spiro atoms. The summed E-state index contributed by atoms with van der Waals surface area (Å²) in [6.45, 7) is 2.58. The van der Waals surface area contributed by atoms with E-state index in [1.807, 2.05) is 22.8 Å². The molecule has 7 heteroatoms. The van der Waals surface area contributed by atoms with Crippen molar-refractivity contribution in [3.63, 3.8) is 0 Å². The number of carbonyl (C=O) groups excluding carboxylic acids is 2. The molecule has 1 aliphatic carbocycles. The number of esters is 1. The maximum absolute atomic E-state index is 12.1. The molecule has 0 bridgehead atoms.